The molecule has 0 aliphatic carbocycles. The second-order valence-corrected chi connectivity index (χ2v) is 3.82. The van der Waals surface area contributed by atoms with E-state index in [1.807, 2.05) is 0 Å². The average molecular weight is 209 g/mol. The molecule has 2 unspecified atom stereocenters. The van der Waals surface area contributed by atoms with Crippen LogP contribution in [0.3, 0.4) is 0 Å². The number of benzene rings is 1. The van der Waals surface area contributed by atoms with E-state index in [4.69, 9.17) is 5.11 Å². The molecule has 1 aromatic carbocycles. The Hall–Kier alpha value is -1.58. The molecule has 0 radical (unpaired) electrons. The van der Waals surface area contributed by atoms with Gasteiger partial charge in [0.1, 0.15) is 5.82 Å². The SMILES string of the molecule is CC(C(=O)O)C1CNc2c(F)cccc21. The smallest absolute Gasteiger partial charge is 0.306 e. The maximum Gasteiger partial charge on any atom is 0.306 e. The van der Waals surface area contributed by atoms with Crippen LogP contribution in [0.15, 0.2) is 18.2 Å². The van der Waals surface area contributed by atoms with E-state index in [0.29, 0.717) is 12.2 Å². The average Bonchev–Trinajstić information content (AvgIpc) is 2.61. The maximum absolute atomic E-state index is 13.3. The third-order valence-electron chi connectivity index (χ3n) is 2.94. The number of carboxylic acid groups (broad SMARTS) is 1. The summed E-state index contributed by atoms with van der Waals surface area (Å²) in [6.45, 7) is 2.14. The van der Waals surface area contributed by atoms with Crippen molar-refractivity contribution < 1.29 is 14.3 Å². The zero-order chi connectivity index (χ0) is 11.0. The van der Waals surface area contributed by atoms with Crippen molar-refractivity contribution in [1.29, 1.82) is 0 Å². The molecule has 3 nitrogen and oxygen atoms in total. The lowest BCUT2D eigenvalue weighted by Crippen LogP contribution is -2.20. The lowest BCUT2D eigenvalue weighted by atomic mass is 9.89. The van der Waals surface area contributed by atoms with Crippen LogP contribution in [0.2, 0.25) is 0 Å². The van der Waals surface area contributed by atoms with E-state index in [1.165, 1.54) is 6.07 Å². The third-order valence-corrected chi connectivity index (χ3v) is 2.94. The molecule has 0 saturated heterocycles. The van der Waals surface area contributed by atoms with Gasteiger partial charge in [0.05, 0.1) is 11.6 Å². The molecule has 1 heterocycles. The van der Waals surface area contributed by atoms with Gasteiger partial charge in [0.15, 0.2) is 0 Å². The lowest BCUT2D eigenvalue weighted by molar-refractivity contribution is -0.141. The minimum absolute atomic E-state index is 0.145. The molecule has 0 saturated carbocycles. The minimum atomic E-state index is -0.848. The Kier molecular flexibility index (Phi) is 2.34. The van der Waals surface area contributed by atoms with Crippen LogP contribution in [0.5, 0.6) is 0 Å². The molecule has 4 heteroatoms. The summed E-state index contributed by atoms with van der Waals surface area (Å²) in [5.74, 6) is -1.81. The first-order valence-electron chi connectivity index (χ1n) is 4.86. The molecule has 15 heavy (non-hydrogen) atoms. The fraction of sp³-hybridized carbons (Fsp3) is 0.364. The van der Waals surface area contributed by atoms with Crippen molar-refractivity contribution in [3.05, 3.63) is 29.6 Å². The number of carbonyl (C=O) groups is 1. The fourth-order valence-electron chi connectivity index (χ4n) is 1.98. The molecule has 1 aromatic rings. The molecule has 2 N–H and O–H groups in total. The molecule has 2 atom stereocenters. The van der Waals surface area contributed by atoms with Gasteiger partial charge in [-0.3, -0.25) is 4.79 Å². The van der Waals surface area contributed by atoms with Gasteiger partial charge in [-0.2, -0.15) is 0 Å². The summed E-state index contributed by atoms with van der Waals surface area (Å²) in [7, 11) is 0. The summed E-state index contributed by atoms with van der Waals surface area (Å²) in [5.41, 5.74) is 1.22. The molecule has 1 aliphatic rings. The van der Waals surface area contributed by atoms with Crippen LogP contribution >= 0.6 is 0 Å². The van der Waals surface area contributed by atoms with Crippen molar-refractivity contribution in [2.24, 2.45) is 5.92 Å². The maximum atomic E-state index is 13.3. The third kappa shape index (κ3) is 1.56. The molecule has 1 aliphatic heterocycles. The van der Waals surface area contributed by atoms with E-state index in [-0.39, 0.29) is 11.7 Å². The van der Waals surface area contributed by atoms with Crippen LogP contribution in [0.1, 0.15) is 18.4 Å². The van der Waals surface area contributed by atoms with E-state index < -0.39 is 11.9 Å². The monoisotopic (exact) mass is 209 g/mol. The Morgan fingerprint density at radius 2 is 2.40 bits per heavy atom. The zero-order valence-electron chi connectivity index (χ0n) is 8.33. The minimum Gasteiger partial charge on any atom is -0.481 e. The number of carboxylic acids is 1. The zero-order valence-corrected chi connectivity index (χ0v) is 8.33. The Morgan fingerprint density at radius 1 is 1.67 bits per heavy atom. The lowest BCUT2D eigenvalue weighted by Gasteiger charge is -2.14. The number of rotatable bonds is 2. The Balaban J connectivity index is 2.37. The predicted octanol–water partition coefficient (Wildman–Crippen LogP) is 2.06. The fourth-order valence-corrected chi connectivity index (χ4v) is 1.98. The van der Waals surface area contributed by atoms with Crippen LogP contribution in [0.25, 0.3) is 0 Å². The van der Waals surface area contributed by atoms with Gasteiger partial charge in [0.2, 0.25) is 0 Å². The van der Waals surface area contributed by atoms with Crippen molar-refractivity contribution in [2.45, 2.75) is 12.8 Å². The molecular formula is C11H12FNO2. The summed E-state index contributed by atoms with van der Waals surface area (Å²) in [4.78, 5) is 10.9. The van der Waals surface area contributed by atoms with Crippen LogP contribution in [0, 0.1) is 11.7 Å². The summed E-state index contributed by atoms with van der Waals surface area (Å²) < 4.78 is 13.3. The van der Waals surface area contributed by atoms with Gasteiger partial charge in [0.25, 0.3) is 0 Å². The molecule has 0 amide bonds. The van der Waals surface area contributed by atoms with Gasteiger partial charge in [-0.15, -0.1) is 0 Å². The van der Waals surface area contributed by atoms with E-state index in [1.54, 1.807) is 19.1 Å². The summed E-state index contributed by atoms with van der Waals surface area (Å²) >= 11 is 0. The molecule has 0 bridgehead atoms. The predicted molar refractivity (Wildman–Crippen MR) is 54.4 cm³/mol. The van der Waals surface area contributed by atoms with Gasteiger partial charge in [-0.25, -0.2) is 4.39 Å². The second kappa shape index (κ2) is 3.53. The van der Waals surface area contributed by atoms with Crippen molar-refractivity contribution in [3.8, 4) is 0 Å². The second-order valence-electron chi connectivity index (χ2n) is 3.82. The highest BCUT2D eigenvalue weighted by molar-refractivity contribution is 5.73. The molecule has 0 spiro atoms. The topological polar surface area (TPSA) is 49.3 Å². The van der Waals surface area contributed by atoms with E-state index in [9.17, 15) is 9.18 Å². The number of anilines is 1. The summed E-state index contributed by atoms with van der Waals surface area (Å²) in [6.07, 6.45) is 0. The van der Waals surface area contributed by atoms with Crippen LogP contribution in [-0.4, -0.2) is 17.6 Å². The molecule has 2 rings (SSSR count). The van der Waals surface area contributed by atoms with E-state index >= 15 is 0 Å². The van der Waals surface area contributed by atoms with Crippen LogP contribution in [0.4, 0.5) is 10.1 Å². The first-order chi connectivity index (χ1) is 7.11. The normalized spacial score (nSPS) is 20.5. The highest BCUT2D eigenvalue weighted by Crippen LogP contribution is 2.37. The molecule has 0 fully saturated rings. The number of para-hydroxylation sites is 1. The largest absolute Gasteiger partial charge is 0.481 e. The number of nitrogens with one attached hydrogen (secondary N) is 1. The van der Waals surface area contributed by atoms with Gasteiger partial charge >= 0.3 is 5.97 Å². The number of aliphatic carboxylic acids is 1. The standard InChI is InChI=1S/C11H12FNO2/c1-6(11(14)15)8-5-13-10-7(8)3-2-4-9(10)12/h2-4,6,8,13H,5H2,1H3,(H,14,15). The highest BCUT2D eigenvalue weighted by Gasteiger charge is 2.32. The van der Waals surface area contributed by atoms with Gasteiger partial charge in [0, 0.05) is 12.5 Å². The van der Waals surface area contributed by atoms with Gasteiger partial charge in [-0.1, -0.05) is 19.1 Å². The summed E-state index contributed by atoms with van der Waals surface area (Å²) in [6, 6.07) is 4.77. The van der Waals surface area contributed by atoms with E-state index in [2.05, 4.69) is 5.32 Å². The number of hydrogen-bond donors (Lipinski definition) is 2. The number of hydrogen-bond acceptors (Lipinski definition) is 2. The van der Waals surface area contributed by atoms with Crippen LogP contribution < -0.4 is 5.32 Å². The van der Waals surface area contributed by atoms with Gasteiger partial charge < -0.3 is 10.4 Å². The molecular weight excluding hydrogens is 197 g/mol. The molecule has 0 aromatic heterocycles. The Morgan fingerprint density at radius 3 is 3.07 bits per heavy atom. The Bertz CT molecular complexity index is 406. The summed E-state index contributed by atoms with van der Waals surface area (Å²) in [5, 5.41) is 11.8. The molecule has 80 valence electrons. The van der Waals surface area contributed by atoms with Gasteiger partial charge in [-0.05, 0) is 11.6 Å². The van der Waals surface area contributed by atoms with Crippen LogP contribution in [-0.2, 0) is 4.79 Å². The first-order valence-corrected chi connectivity index (χ1v) is 4.86. The van der Waals surface area contributed by atoms with Crippen molar-refractivity contribution >= 4 is 11.7 Å². The Labute approximate surface area is 86.9 Å². The number of fused-ring (bicyclic) bond motifs is 1. The quantitative estimate of drug-likeness (QED) is 0.783. The number of halogens is 1. The van der Waals surface area contributed by atoms with Crippen molar-refractivity contribution in [3.63, 3.8) is 0 Å². The van der Waals surface area contributed by atoms with Crippen molar-refractivity contribution in [2.75, 3.05) is 11.9 Å². The van der Waals surface area contributed by atoms with E-state index in [0.717, 1.165) is 5.56 Å². The van der Waals surface area contributed by atoms with Crippen molar-refractivity contribution in [1.82, 2.24) is 0 Å². The first kappa shape index (κ1) is 9.96. The highest BCUT2D eigenvalue weighted by atomic mass is 19.1.